The molecule has 2 heterocycles. The number of ether oxygens (including phenoxy) is 12. The van der Waals surface area contributed by atoms with Gasteiger partial charge in [0.15, 0.2) is 18.7 Å². The van der Waals surface area contributed by atoms with Crippen LogP contribution in [0.2, 0.25) is 0 Å². The smallest absolute Gasteiger partial charge is 0.187 e. The topological polar surface area (TPSA) is 111 Å². The van der Waals surface area contributed by atoms with Crippen LogP contribution in [0.15, 0.2) is 243 Å². The highest BCUT2D eigenvalue weighted by atomic mass is 16.7. The minimum Gasteiger partial charge on any atom is -0.485 e. The minimum absolute atomic E-state index is 0.0697. The molecular weight excluding hydrogens is 1040 g/mol. The molecule has 12 nitrogen and oxygen atoms in total. The first-order valence-electron chi connectivity index (χ1n) is 28.4. The second kappa shape index (κ2) is 31.5. The van der Waals surface area contributed by atoms with Crippen LogP contribution in [-0.2, 0) is 110 Å². The van der Waals surface area contributed by atoms with Gasteiger partial charge in [-0.2, -0.15) is 0 Å². The van der Waals surface area contributed by atoms with E-state index in [1.54, 1.807) is 7.11 Å². The van der Waals surface area contributed by atoms with Gasteiger partial charge in [0.1, 0.15) is 48.5 Å². The first-order chi connectivity index (χ1) is 41.0. The lowest BCUT2D eigenvalue weighted by Gasteiger charge is -2.46. The van der Waals surface area contributed by atoms with Crippen molar-refractivity contribution in [3.8, 4) is 0 Å². The summed E-state index contributed by atoms with van der Waals surface area (Å²) < 4.78 is 81.7. The Labute approximate surface area is 488 Å². The fraction of sp³-hybridized carbons (Fsp3) is 0.296. The summed E-state index contributed by atoms with van der Waals surface area (Å²) in [6, 6.07) is 78.2. The Hall–Kier alpha value is -7.14. The third kappa shape index (κ3) is 17.2. The summed E-state index contributed by atoms with van der Waals surface area (Å²) in [6.07, 6.45) is -7.51. The highest BCUT2D eigenvalue weighted by molar-refractivity contribution is 5.61. The maximum absolute atomic E-state index is 7.15. The molecule has 2 saturated heterocycles. The molecule has 0 aromatic heterocycles. The third-order valence-electron chi connectivity index (χ3n) is 14.6. The fourth-order valence-corrected chi connectivity index (χ4v) is 10.3. The molecule has 430 valence electrons. The van der Waals surface area contributed by atoms with Crippen LogP contribution in [0, 0.1) is 0 Å². The standard InChI is InChI=1S/C71H74O12/c1-52(81-65-63(51-74-43-54-28-12-4-13-29-54)82-70(72-2)68(78-47-58-36-20-8-21-37-58)67(65)77-46-57-34-18-7-19-35-57)61-41-25-24-40-60(61)49-80-71-69(79-48-59-38-22-9-23-39-59)66(76-45-56-32-16-6-17-33-56)64(75-44-55-30-14-5-15-31-55)62(83-71)50-73-42-53-26-10-3-11-27-53/h3-41,62-71H,1,42-51H2,2H3/t62-,63-,64-,65-,66+,67+,68-,69+,70+,71+/m1/s1. The zero-order valence-corrected chi connectivity index (χ0v) is 47.0. The Balaban J connectivity index is 0.951. The normalized spacial score (nSPS) is 22.4. The van der Waals surface area contributed by atoms with Gasteiger partial charge >= 0.3 is 0 Å². The summed E-state index contributed by atoms with van der Waals surface area (Å²) in [4.78, 5) is 0. The Bertz CT molecular complexity index is 3090. The predicted octanol–water partition coefficient (Wildman–Crippen LogP) is 13.0. The molecule has 2 fully saturated rings. The summed E-state index contributed by atoms with van der Waals surface area (Å²) in [5, 5.41) is 0. The van der Waals surface area contributed by atoms with E-state index in [1.807, 2.05) is 237 Å². The van der Waals surface area contributed by atoms with Gasteiger partial charge < -0.3 is 56.8 Å². The highest BCUT2D eigenvalue weighted by Gasteiger charge is 2.51. The summed E-state index contributed by atoms with van der Waals surface area (Å²) in [5.41, 5.74) is 8.49. The van der Waals surface area contributed by atoms with Crippen molar-refractivity contribution in [3.05, 3.63) is 293 Å². The molecule has 12 heteroatoms. The van der Waals surface area contributed by atoms with Crippen molar-refractivity contribution in [1.29, 1.82) is 0 Å². The Morgan fingerprint density at radius 2 is 0.639 bits per heavy atom. The number of benzene rings is 8. The first-order valence-corrected chi connectivity index (χ1v) is 28.4. The van der Waals surface area contributed by atoms with E-state index < -0.39 is 61.4 Å². The van der Waals surface area contributed by atoms with Crippen molar-refractivity contribution in [1.82, 2.24) is 0 Å². The SMILES string of the molecule is C=C(O[C@H]1[C@H](OCc2ccccc2)[C@@H](OCc2ccccc2)[C@@H](OC)O[C@@H]1COCc1ccccc1)c1ccccc1CO[C@H]1O[C@H](COCc2ccccc2)[C@@H](OCc2ccccc2)[C@H](OCc2ccccc2)[C@@H]1OCc1ccccc1. The average Bonchev–Trinajstić information content (AvgIpc) is 3.69. The highest BCUT2D eigenvalue weighted by Crippen LogP contribution is 2.36. The third-order valence-corrected chi connectivity index (χ3v) is 14.6. The van der Waals surface area contributed by atoms with Gasteiger partial charge in [0, 0.05) is 12.7 Å². The monoisotopic (exact) mass is 1120 g/mol. The molecule has 0 saturated carbocycles. The van der Waals surface area contributed by atoms with Crippen molar-refractivity contribution >= 4 is 5.76 Å². The van der Waals surface area contributed by atoms with E-state index in [0.29, 0.717) is 31.1 Å². The van der Waals surface area contributed by atoms with E-state index in [4.69, 9.17) is 56.8 Å². The lowest BCUT2D eigenvalue weighted by molar-refractivity contribution is -0.330. The van der Waals surface area contributed by atoms with Crippen LogP contribution in [0.4, 0.5) is 0 Å². The zero-order chi connectivity index (χ0) is 56.7. The number of rotatable bonds is 30. The summed E-state index contributed by atoms with van der Waals surface area (Å²) in [5.74, 6) is 0.365. The summed E-state index contributed by atoms with van der Waals surface area (Å²) in [7, 11) is 1.61. The Morgan fingerprint density at radius 3 is 1.05 bits per heavy atom. The molecular formula is C71H74O12. The van der Waals surface area contributed by atoms with Crippen molar-refractivity contribution in [2.45, 2.75) is 114 Å². The molecule has 0 N–H and O–H groups in total. The van der Waals surface area contributed by atoms with E-state index in [1.165, 1.54) is 0 Å². The second-order valence-electron chi connectivity index (χ2n) is 20.6. The summed E-state index contributed by atoms with van der Waals surface area (Å²) in [6.45, 7) is 7.12. The van der Waals surface area contributed by atoms with E-state index >= 15 is 0 Å². The molecule has 0 amide bonds. The largest absolute Gasteiger partial charge is 0.485 e. The molecule has 8 aromatic rings. The zero-order valence-electron chi connectivity index (χ0n) is 47.0. The van der Waals surface area contributed by atoms with Crippen molar-refractivity contribution in [3.63, 3.8) is 0 Å². The average molecular weight is 1120 g/mol. The van der Waals surface area contributed by atoms with Crippen molar-refractivity contribution < 1.29 is 56.8 Å². The van der Waals surface area contributed by atoms with Crippen LogP contribution >= 0.6 is 0 Å². The van der Waals surface area contributed by atoms with Crippen LogP contribution in [0.25, 0.3) is 5.76 Å². The Morgan fingerprint density at radius 1 is 0.325 bits per heavy atom. The Kier molecular flexibility index (Phi) is 22.4. The van der Waals surface area contributed by atoms with Crippen LogP contribution in [-0.4, -0.2) is 81.7 Å². The molecule has 2 aliphatic rings. The molecule has 8 aromatic carbocycles. The quantitative estimate of drug-likeness (QED) is 0.0400. The van der Waals surface area contributed by atoms with Gasteiger partial charge in [-0.05, 0) is 44.5 Å². The molecule has 0 aliphatic carbocycles. The van der Waals surface area contributed by atoms with Gasteiger partial charge in [0.05, 0.1) is 66.1 Å². The number of hydrogen-bond acceptors (Lipinski definition) is 12. The second-order valence-corrected chi connectivity index (χ2v) is 20.6. The van der Waals surface area contributed by atoms with Crippen LogP contribution in [0.3, 0.4) is 0 Å². The minimum atomic E-state index is -0.967. The van der Waals surface area contributed by atoms with Crippen LogP contribution in [0.1, 0.15) is 50.1 Å². The van der Waals surface area contributed by atoms with Gasteiger partial charge in [-0.15, -0.1) is 0 Å². The van der Waals surface area contributed by atoms with Gasteiger partial charge in [-0.1, -0.05) is 243 Å². The van der Waals surface area contributed by atoms with Gasteiger partial charge in [0.25, 0.3) is 0 Å². The van der Waals surface area contributed by atoms with Crippen LogP contribution in [0.5, 0.6) is 0 Å². The molecule has 2 aliphatic heterocycles. The van der Waals surface area contributed by atoms with Gasteiger partial charge in [-0.25, -0.2) is 0 Å². The van der Waals surface area contributed by atoms with Crippen LogP contribution < -0.4 is 0 Å². The summed E-state index contributed by atoms with van der Waals surface area (Å²) >= 11 is 0. The van der Waals surface area contributed by atoms with E-state index in [9.17, 15) is 0 Å². The lowest BCUT2D eigenvalue weighted by atomic mass is 9.97. The molecule has 0 bridgehead atoms. The van der Waals surface area contributed by atoms with E-state index in [0.717, 1.165) is 44.5 Å². The maximum atomic E-state index is 7.15. The fourth-order valence-electron chi connectivity index (χ4n) is 10.3. The van der Waals surface area contributed by atoms with Crippen molar-refractivity contribution in [2.24, 2.45) is 0 Å². The maximum Gasteiger partial charge on any atom is 0.187 e. The molecule has 0 unspecified atom stereocenters. The van der Waals surface area contributed by atoms with Gasteiger partial charge in [0.2, 0.25) is 0 Å². The van der Waals surface area contributed by atoms with E-state index in [2.05, 4.69) is 6.58 Å². The molecule has 10 atom stereocenters. The number of hydrogen-bond donors (Lipinski definition) is 0. The number of methoxy groups -OCH3 is 1. The van der Waals surface area contributed by atoms with Crippen molar-refractivity contribution in [2.75, 3.05) is 20.3 Å². The lowest BCUT2D eigenvalue weighted by Crippen LogP contribution is -2.61. The molecule has 0 spiro atoms. The predicted molar refractivity (Wildman–Crippen MR) is 317 cm³/mol. The first kappa shape index (κ1) is 59.0. The molecule has 0 radical (unpaired) electrons. The van der Waals surface area contributed by atoms with Gasteiger partial charge in [-0.3, -0.25) is 0 Å². The molecule has 10 rings (SSSR count). The molecule has 83 heavy (non-hydrogen) atoms. The van der Waals surface area contributed by atoms with E-state index in [-0.39, 0.29) is 46.2 Å².